The summed E-state index contributed by atoms with van der Waals surface area (Å²) in [5.74, 6) is 0.736. The minimum atomic E-state index is 0.179. The number of carbonyl (C=O) groups excluding carboxylic acids is 1. The number of para-hydroxylation sites is 1. The van der Waals surface area contributed by atoms with Crippen LogP contribution in [-0.4, -0.2) is 16.2 Å². The predicted octanol–water partition coefficient (Wildman–Crippen LogP) is 2.39. The lowest BCUT2D eigenvalue weighted by atomic mass is 10.2. The first-order valence-electron chi connectivity index (χ1n) is 4.12. The fraction of sp³-hybridized carbons (Fsp3) is 0.100. The van der Waals surface area contributed by atoms with Crippen LogP contribution in [-0.2, 0) is 0 Å². The molecular weight excluding hydrogens is 182 g/mol. The van der Waals surface area contributed by atoms with E-state index in [9.17, 15) is 4.79 Å². The second-order valence-corrected chi connectivity index (χ2v) is 4.08. The Morgan fingerprint density at radius 1 is 1.31 bits per heavy atom. The highest BCUT2D eigenvalue weighted by molar-refractivity contribution is 8.00. The van der Waals surface area contributed by atoms with Gasteiger partial charge in [0.05, 0.1) is 11.3 Å². The maximum Gasteiger partial charge on any atom is 0.241 e. The average Bonchev–Trinajstić information content (AvgIpc) is 2.57. The molecule has 0 bridgehead atoms. The van der Waals surface area contributed by atoms with Crippen molar-refractivity contribution in [3.05, 3.63) is 30.5 Å². The summed E-state index contributed by atoms with van der Waals surface area (Å²) >= 11 is 1.62. The SMILES string of the molecule is O=C1CSc2cccc3ccn1c23. The predicted molar refractivity (Wildman–Crippen MR) is 53.3 cm³/mol. The zero-order chi connectivity index (χ0) is 8.84. The van der Waals surface area contributed by atoms with Crippen LogP contribution in [0.4, 0.5) is 0 Å². The van der Waals surface area contributed by atoms with Gasteiger partial charge in [0.2, 0.25) is 5.91 Å². The van der Waals surface area contributed by atoms with E-state index in [1.165, 1.54) is 4.90 Å². The second-order valence-electron chi connectivity index (χ2n) is 3.06. The van der Waals surface area contributed by atoms with Gasteiger partial charge in [0.25, 0.3) is 0 Å². The van der Waals surface area contributed by atoms with Gasteiger partial charge in [-0.1, -0.05) is 12.1 Å². The van der Waals surface area contributed by atoms with Gasteiger partial charge in [0.1, 0.15) is 0 Å². The number of hydrogen-bond donors (Lipinski definition) is 0. The minimum absolute atomic E-state index is 0.179. The zero-order valence-corrected chi connectivity index (χ0v) is 7.67. The van der Waals surface area contributed by atoms with Crippen LogP contribution in [0.15, 0.2) is 35.4 Å². The van der Waals surface area contributed by atoms with Gasteiger partial charge in [-0.25, -0.2) is 0 Å². The molecule has 0 spiro atoms. The van der Waals surface area contributed by atoms with E-state index in [-0.39, 0.29) is 5.91 Å². The third-order valence-corrected chi connectivity index (χ3v) is 3.33. The molecule has 0 saturated heterocycles. The first-order chi connectivity index (χ1) is 6.36. The summed E-state index contributed by atoms with van der Waals surface area (Å²) in [6.07, 6.45) is 1.86. The van der Waals surface area contributed by atoms with Gasteiger partial charge in [-0.3, -0.25) is 9.36 Å². The van der Waals surface area contributed by atoms with Crippen LogP contribution in [0.2, 0.25) is 0 Å². The Bertz CT molecular complexity index is 501. The fourth-order valence-corrected chi connectivity index (χ4v) is 2.64. The van der Waals surface area contributed by atoms with E-state index < -0.39 is 0 Å². The number of rotatable bonds is 0. The van der Waals surface area contributed by atoms with Gasteiger partial charge in [0.15, 0.2) is 0 Å². The highest BCUT2D eigenvalue weighted by Gasteiger charge is 2.17. The molecule has 0 unspecified atom stereocenters. The number of nitrogens with zero attached hydrogens (tertiary/aromatic N) is 1. The molecule has 1 aliphatic heterocycles. The number of benzene rings is 1. The lowest BCUT2D eigenvalue weighted by Crippen LogP contribution is -2.15. The molecular formula is C10H7NOS. The standard InChI is InChI=1S/C10H7NOS/c12-9-6-13-8-3-1-2-7-4-5-11(9)10(7)8/h1-5H,6H2. The summed E-state index contributed by atoms with van der Waals surface area (Å²) in [6, 6.07) is 8.12. The maximum absolute atomic E-state index is 11.5. The van der Waals surface area contributed by atoms with Crippen molar-refractivity contribution < 1.29 is 4.79 Å². The molecule has 2 nitrogen and oxygen atoms in total. The van der Waals surface area contributed by atoms with Crippen LogP contribution in [0.1, 0.15) is 4.79 Å². The molecule has 0 fully saturated rings. The molecule has 1 aromatic heterocycles. The molecule has 0 saturated carbocycles. The van der Waals surface area contributed by atoms with Crippen LogP contribution in [0, 0.1) is 0 Å². The molecule has 0 amide bonds. The van der Waals surface area contributed by atoms with E-state index in [1.807, 2.05) is 24.4 Å². The molecule has 2 aromatic rings. The number of aromatic nitrogens is 1. The highest BCUT2D eigenvalue weighted by Crippen LogP contribution is 2.32. The first-order valence-corrected chi connectivity index (χ1v) is 5.11. The summed E-state index contributed by atoms with van der Waals surface area (Å²) in [4.78, 5) is 12.7. The van der Waals surface area contributed by atoms with Crippen molar-refractivity contribution in [2.75, 3.05) is 5.75 Å². The van der Waals surface area contributed by atoms with E-state index in [1.54, 1.807) is 16.3 Å². The van der Waals surface area contributed by atoms with Gasteiger partial charge >= 0.3 is 0 Å². The summed E-state index contributed by atoms with van der Waals surface area (Å²) < 4.78 is 1.75. The Balaban J connectivity index is 2.51. The number of carbonyl (C=O) groups is 1. The smallest absolute Gasteiger partial charge is 0.241 e. The third-order valence-electron chi connectivity index (χ3n) is 2.29. The van der Waals surface area contributed by atoms with E-state index >= 15 is 0 Å². The molecule has 3 rings (SSSR count). The molecule has 64 valence electrons. The molecule has 1 aliphatic rings. The molecule has 0 atom stereocenters. The van der Waals surface area contributed by atoms with Crippen molar-refractivity contribution in [3.8, 4) is 0 Å². The zero-order valence-electron chi connectivity index (χ0n) is 6.86. The monoisotopic (exact) mass is 189 g/mol. The van der Waals surface area contributed by atoms with Crippen LogP contribution in [0.5, 0.6) is 0 Å². The molecule has 13 heavy (non-hydrogen) atoms. The van der Waals surface area contributed by atoms with E-state index in [0.29, 0.717) is 5.75 Å². The third kappa shape index (κ3) is 0.877. The Hall–Kier alpha value is -1.22. The minimum Gasteiger partial charge on any atom is -0.285 e. The quantitative estimate of drug-likeness (QED) is 0.634. The average molecular weight is 189 g/mol. The highest BCUT2D eigenvalue weighted by atomic mass is 32.2. The largest absolute Gasteiger partial charge is 0.285 e. The van der Waals surface area contributed by atoms with Crippen LogP contribution in [0.3, 0.4) is 0 Å². The normalized spacial score (nSPS) is 15.2. The van der Waals surface area contributed by atoms with Gasteiger partial charge in [-0.2, -0.15) is 0 Å². The molecule has 3 heteroatoms. The number of thioether (sulfide) groups is 1. The molecule has 0 radical (unpaired) electrons. The lowest BCUT2D eigenvalue weighted by molar-refractivity contribution is 0.0945. The van der Waals surface area contributed by atoms with Crippen molar-refractivity contribution in [3.63, 3.8) is 0 Å². The Morgan fingerprint density at radius 3 is 3.15 bits per heavy atom. The van der Waals surface area contributed by atoms with Crippen molar-refractivity contribution in [2.45, 2.75) is 4.90 Å². The Kier molecular flexibility index (Phi) is 1.32. The molecule has 0 N–H and O–H groups in total. The molecule has 0 aliphatic carbocycles. The van der Waals surface area contributed by atoms with Gasteiger partial charge < -0.3 is 0 Å². The van der Waals surface area contributed by atoms with Crippen LogP contribution in [0.25, 0.3) is 10.9 Å². The Labute approximate surface area is 79.5 Å². The van der Waals surface area contributed by atoms with Crippen LogP contribution < -0.4 is 0 Å². The first kappa shape index (κ1) is 7.21. The summed E-state index contributed by atoms with van der Waals surface area (Å²) in [5, 5.41) is 1.15. The van der Waals surface area contributed by atoms with Crippen molar-refractivity contribution in [1.29, 1.82) is 0 Å². The van der Waals surface area contributed by atoms with Crippen molar-refractivity contribution in [1.82, 2.24) is 4.57 Å². The summed E-state index contributed by atoms with van der Waals surface area (Å²) in [7, 11) is 0. The summed E-state index contributed by atoms with van der Waals surface area (Å²) in [6.45, 7) is 0. The van der Waals surface area contributed by atoms with Crippen molar-refractivity contribution >= 4 is 28.6 Å². The van der Waals surface area contributed by atoms with E-state index in [0.717, 1.165) is 10.9 Å². The second kappa shape index (κ2) is 2.39. The lowest BCUT2D eigenvalue weighted by Gasteiger charge is -2.12. The van der Waals surface area contributed by atoms with Crippen molar-refractivity contribution in [2.24, 2.45) is 0 Å². The van der Waals surface area contributed by atoms with E-state index in [4.69, 9.17) is 0 Å². The van der Waals surface area contributed by atoms with Gasteiger partial charge in [-0.15, -0.1) is 11.8 Å². The topological polar surface area (TPSA) is 22.0 Å². The molecule has 1 aromatic carbocycles. The fourth-order valence-electron chi connectivity index (χ4n) is 1.69. The van der Waals surface area contributed by atoms with Gasteiger partial charge in [0, 0.05) is 16.5 Å². The maximum atomic E-state index is 11.5. The number of hydrogen-bond acceptors (Lipinski definition) is 2. The van der Waals surface area contributed by atoms with E-state index in [2.05, 4.69) is 6.07 Å². The molecule has 2 heterocycles. The Morgan fingerprint density at radius 2 is 2.23 bits per heavy atom. The van der Waals surface area contributed by atoms with Gasteiger partial charge in [-0.05, 0) is 12.1 Å². The van der Waals surface area contributed by atoms with Crippen LogP contribution >= 0.6 is 11.8 Å². The summed E-state index contributed by atoms with van der Waals surface area (Å²) in [5.41, 5.74) is 1.07.